The summed E-state index contributed by atoms with van der Waals surface area (Å²) in [4.78, 5) is 13.2. The first-order chi connectivity index (χ1) is 8.61. The summed E-state index contributed by atoms with van der Waals surface area (Å²) < 4.78 is 5.21. The highest BCUT2D eigenvalue weighted by Gasteiger charge is 2.30. The van der Waals surface area contributed by atoms with Crippen LogP contribution >= 0.6 is 0 Å². The molecule has 1 saturated heterocycles. The molecule has 0 aliphatic carbocycles. The zero-order chi connectivity index (χ0) is 13.1. The number of benzene rings is 1. The minimum atomic E-state index is -0.685. The second-order valence-corrected chi connectivity index (χ2v) is 4.77. The fraction of sp³-hybridized carbons (Fsp3) is 0.500. The Labute approximate surface area is 107 Å². The zero-order valence-corrected chi connectivity index (χ0v) is 10.8. The molecule has 2 atom stereocenters. The molecule has 1 heterocycles. The van der Waals surface area contributed by atoms with Crippen molar-refractivity contribution in [3.05, 3.63) is 29.8 Å². The fourth-order valence-electron chi connectivity index (χ4n) is 2.45. The molecule has 1 aliphatic rings. The van der Waals surface area contributed by atoms with Crippen molar-refractivity contribution < 1.29 is 14.6 Å². The Morgan fingerprint density at radius 3 is 2.94 bits per heavy atom. The molecule has 0 bridgehead atoms. The summed E-state index contributed by atoms with van der Waals surface area (Å²) in [5, 5.41) is 9.02. The van der Waals surface area contributed by atoms with E-state index < -0.39 is 5.97 Å². The van der Waals surface area contributed by atoms with Crippen molar-refractivity contribution in [3.63, 3.8) is 0 Å². The molecule has 0 amide bonds. The molecule has 1 aromatic carbocycles. The van der Waals surface area contributed by atoms with Crippen molar-refractivity contribution in [1.29, 1.82) is 0 Å². The highest BCUT2D eigenvalue weighted by atomic mass is 16.5. The van der Waals surface area contributed by atoms with Gasteiger partial charge in [0.1, 0.15) is 5.75 Å². The van der Waals surface area contributed by atoms with Crippen LogP contribution in [0.5, 0.6) is 5.75 Å². The topological polar surface area (TPSA) is 49.8 Å². The number of nitrogens with zero attached hydrogens (tertiary/aromatic N) is 1. The molecule has 0 unspecified atom stereocenters. The van der Waals surface area contributed by atoms with Gasteiger partial charge in [0.25, 0.3) is 0 Å². The number of carboxylic acid groups (broad SMARTS) is 1. The maximum atomic E-state index is 11.0. The second kappa shape index (κ2) is 5.40. The average molecular weight is 249 g/mol. The van der Waals surface area contributed by atoms with Crippen molar-refractivity contribution in [2.24, 2.45) is 5.92 Å². The van der Waals surface area contributed by atoms with E-state index in [-0.39, 0.29) is 12.0 Å². The van der Waals surface area contributed by atoms with Gasteiger partial charge in [0.05, 0.1) is 13.0 Å². The van der Waals surface area contributed by atoms with Gasteiger partial charge >= 0.3 is 5.97 Å². The lowest BCUT2D eigenvalue weighted by Gasteiger charge is -2.24. The van der Waals surface area contributed by atoms with Gasteiger partial charge in [-0.15, -0.1) is 0 Å². The Morgan fingerprint density at radius 1 is 1.56 bits per heavy atom. The van der Waals surface area contributed by atoms with Crippen LogP contribution in [0.15, 0.2) is 24.3 Å². The van der Waals surface area contributed by atoms with E-state index in [1.807, 2.05) is 18.2 Å². The van der Waals surface area contributed by atoms with Crippen LogP contribution < -0.4 is 4.74 Å². The lowest BCUT2D eigenvalue weighted by Crippen LogP contribution is -2.26. The van der Waals surface area contributed by atoms with E-state index in [0.29, 0.717) is 6.54 Å². The third-order valence-corrected chi connectivity index (χ3v) is 3.69. The molecule has 0 aromatic heterocycles. The van der Waals surface area contributed by atoms with Gasteiger partial charge in [-0.25, -0.2) is 0 Å². The van der Waals surface area contributed by atoms with E-state index in [0.717, 1.165) is 18.7 Å². The number of likely N-dealkylation sites (tertiary alicyclic amines) is 1. The molecule has 4 nitrogen and oxygen atoms in total. The maximum Gasteiger partial charge on any atom is 0.307 e. The zero-order valence-electron chi connectivity index (χ0n) is 10.8. The van der Waals surface area contributed by atoms with Crippen molar-refractivity contribution in [1.82, 2.24) is 4.90 Å². The number of methoxy groups -OCH3 is 1. The lowest BCUT2D eigenvalue weighted by atomic mass is 10.1. The quantitative estimate of drug-likeness (QED) is 0.888. The van der Waals surface area contributed by atoms with Crippen molar-refractivity contribution >= 4 is 5.97 Å². The van der Waals surface area contributed by atoms with Crippen LogP contribution in [-0.2, 0) is 4.79 Å². The highest BCUT2D eigenvalue weighted by molar-refractivity contribution is 5.70. The number of carboxylic acids is 1. The molecule has 1 fully saturated rings. The molecule has 4 heteroatoms. The minimum absolute atomic E-state index is 0.224. The Bertz CT molecular complexity index is 433. The first-order valence-electron chi connectivity index (χ1n) is 6.22. The van der Waals surface area contributed by atoms with Crippen LogP contribution in [0.2, 0.25) is 0 Å². The van der Waals surface area contributed by atoms with Crippen LogP contribution in [-0.4, -0.2) is 36.2 Å². The predicted molar refractivity (Wildman–Crippen MR) is 68.7 cm³/mol. The van der Waals surface area contributed by atoms with Gasteiger partial charge in [0.2, 0.25) is 0 Å². The van der Waals surface area contributed by atoms with E-state index in [2.05, 4.69) is 17.9 Å². The van der Waals surface area contributed by atoms with Crippen LogP contribution in [0.4, 0.5) is 0 Å². The normalized spacial score (nSPS) is 21.8. The summed E-state index contributed by atoms with van der Waals surface area (Å²) in [5.41, 5.74) is 1.17. The van der Waals surface area contributed by atoms with Gasteiger partial charge in [-0.2, -0.15) is 0 Å². The molecule has 1 aromatic rings. The standard InChI is InChI=1S/C14H19NO3/c1-10(11-4-3-5-13(8-11)18-2)15-7-6-12(9-15)14(16)17/h3-5,8,10,12H,6-7,9H2,1-2H3,(H,16,17)/t10-,12-/m1/s1. The van der Waals surface area contributed by atoms with Crippen LogP contribution in [0.1, 0.15) is 24.9 Å². The number of hydrogen-bond acceptors (Lipinski definition) is 3. The molecule has 1 N–H and O–H groups in total. The van der Waals surface area contributed by atoms with Gasteiger partial charge in [0.15, 0.2) is 0 Å². The summed E-state index contributed by atoms with van der Waals surface area (Å²) in [5.74, 6) is -0.0678. The first kappa shape index (κ1) is 12.9. The van der Waals surface area contributed by atoms with Gasteiger partial charge in [-0.1, -0.05) is 12.1 Å². The summed E-state index contributed by atoms with van der Waals surface area (Å²) in [7, 11) is 1.65. The fourth-order valence-corrected chi connectivity index (χ4v) is 2.45. The lowest BCUT2D eigenvalue weighted by molar-refractivity contribution is -0.141. The number of rotatable bonds is 4. The van der Waals surface area contributed by atoms with E-state index in [4.69, 9.17) is 9.84 Å². The predicted octanol–water partition coefficient (Wildman–Crippen LogP) is 2.16. The van der Waals surface area contributed by atoms with Gasteiger partial charge in [-0.05, 0) is 37.6 Å². The maximum absolute atomic E-state index is 11.0. The summed E-state index contributed by atoms with van der Waals surface area (Å²) >= 11 is 0. The van der Waals surface area contributed by atoms with Crippen molar-refractivity contribution in [2.75, 3.05) is 20.2 Å². The van der Waals surface area contributed by atoms with Crippen LogP contribution in [0.3, 0.4) is 0 Å². The molecule has 98 valence electrons. The van der Waals surface area contributed by atoms with Gasteiger partial charge in [-0.3, -0.25) is 9.69 Å². The van der Waals surface area contributed by atoms with Crippen LogP contribution in [0.25, 0.3) is 0 Å². The van der Waals surface area contributed by atoms with Gasteiger partial charge in [0, 0.05) is 12.6 Å². The minimum Gasteiger partial charge on any atom is -0.497 e. The summed E-state index contributed by atoms with van der Waals surface area (Å²) in [6.07, 6.45) is 0.740. The molecule has 0 radical (unpaired) electrons. The summed E-state index contributed by atoms with van der Waals surface area (Å²) in [6, 6.07) is 8.18. The molecule has 0 saturated carbocycles. The third-order valence-electron chi connectivity index (χ3n) is 3.69. The first-order valence-corrected chi connectivity index (χ1v) is 6.22. The molecule has 0 spiro atoms. The Morgan fingerprint density at radius 2 is 2.33 bits per heavy atom. The molecule has 1 aliphatic heterocycles. The van der Waals surface area contributed by atoms with E-state index >= 15 is 0 Å². The van der Waals surface area contributed by atoms with E-state index in [9.17, 15) is 4.79 Å². The van der Waals surface area contributed by atoms with E-state index in [1.165, 1.54) is 5.56 Å². The number of aliphatic carboxylic acids is 1. The average Bonchev–Trinajstić information content (AvgIpc) is 2.87. The van der Waals surface area contributed by atoms with Crippen molar-refractivity contribution in [2.45, 2.75) is 19.4 Å². The van der Waals surface area contributed by atoms with E-state index in [1.54, 1.807) is 7.11 Å². The number of carbonyl (C=O) groups is 1. The Hall–Kier alpha value is -1.55. The SMILES string of the molecule is COc1cccc([C@@H](C)N2CC[C@@H](C(=O)O)C2)c1. The monoisotopic (exact) mass is 249 g/mol. The molecular weight excluding hydrogens is 230 g/mol. The van der Waals surface area contributed by atoms with Crippen molar-refractivity contribution in [3.8, 4) is 5.75 Å². The summed E-state index contributed by atoms with van der Waals surface area (Å²) in [6.45, 7) is 3.59. The number of ether oxygens (including phenoxy) is 1. The number of hydrogen-bond donors (Lipinski definition) is 1. The Balaban J connectivity index is 2.07. The molecule has 2 rings (SSSR count). The second-order valence-electron chi connectivity index (χ2n) is 4.77. The van der Waals surface area contributed by atoms with Gasteiger partial charge < -0.3 is 9.84 Å². The molecule has 18 heavy (non-hydrogen) atoms. The highest BCUT2D eigenvalue weighted by Crippen LogP contribution is 2.29. The third kappa shape index (κ3) is 2.64. The smallest absolute Gasteiger partial charge is 0.307 e. The Kier molecular flexibility index (Phi) is 3.87. The largest absolute Gasteiger partial charge is 0.497 e. The van der Waals surface area contributed by atoms with Crippen LogP contribution in [0, 0.1) is 5.92 Å². The molecular formula is C14H19NO3.